The van der Waals surface area contributed by atoms with E-state index in [0.717, 1.165) is 32.0 Å². The number of carbonyl (C=O) groups excluding carboxylic acids is 1. The molecule has 0 unspecified atom stereocenters. The van der Waals surface area contributed by atoms with Crippen LogP contribution in [0.5, 0.6) is 0 Å². The molecule has 1 N–H and O–H groups in total. The summed E-state index contributed by atoms with van der Waals surface area (Å²) in [6, 6.07) is 0.172. The molecule has 110 valence electrons. The molecule has 0 spiro atoms. The lowest BCUT2D eigenvalue weighted by Crippen LogP contribution is -2.40. The molecule has 1 aliphatic heterocycles. The smallest absolute Gasteiger partial charge is 0.317 e. The van der Waals surface area contributed by atoms with Crippen molar-refractivity contribution in [3.8, 4) is 0 Å². The van der Waals surface area contributed by atoms with Crippen LogP contribution in [0.4, 0.5) is 4.79 Å². The maximum absolute atomic E-state index is 12.0. The Kier molecular flexibility index (Phi) is 6.52. The number of nitrogens with one attached hydrogen (secondary N) is 1. The maximum Gasteiger partial charge on any atom is 0.317 e. The van der Waals surface area contributed by atoms with Gasteiger partial charge in [-0.3, -0.25) is 0 Å². The minimum absolute atomic E-state index is 0.172. The summed E-state index contributed by atoms with van der Waals surface area (Å²) in [5, 5.41) is 3.11. The molecule has 0 atom stereocenters. The van der Waals surface area contributed by atoms with Crippen molar-refractivity contribution < 1.29 is 4.79 Å². The highest BCUT2D eigenvalue weighted by atomic mass is 16.2. The van der Waals surface area contributed by atoms with Gasteiger partial charge in [0.05, 0.1) is 0 Å². The fourth-order valence-electron chi connectivity index (χ4n) is 3.45. The van der Waals surface area contributed by atoms with Crippen LogP contribution in [0.2, 0.25) is 0 Å². The molecule has 19 heavy (non-hydrogen) atoms. The second-order valence-electron chi connectivity index (χ2n) is 6.28. The zero-order valence-corrected chi connectivity index (χ0v) is 12.3. The van der Waals surface area contributed by atoms with E-state index in [2.05, 4.69) is 5.32 Å². The van der Waals surface area contributed by atoms with Crippen LogP contribution in [0.15, 0.2) is 0 Å². The van der Waals surface area contributed by atoms with Gasteiger partial charge in [-0.25, -0.2) is 4.79 Å². The van der Waals surface area contributed by atoms with Crippen molar-refractivity contribution >= 4 is 6.03 Å². The highest BCUT2D eigenvalue weighted by molar-refractivity contribution is 5.74. The molecule has 0 bridgehead atoms. The van der Waals surface area contributed by atoms with Gasteiger partial charge in [-0.05, 0) is 31.6 Å². The number of carbonyl (C=O) groups is 1. The van der Waals surface area contributed by atoms with Crippen molar-refractivity contribution in [2.75, 3.05) is 19.6 Å². The standard InChI is InChI=1S/C16H30N2O/c19-16(18-13-6-1-2-7-14-18)17-12-8-11-15-9-4-3-5-10-15/h15H,1-14H2,(H,17,19). The zero-order chi connectivity index (χ0) is 13.3. The van der Waals surface area contributed by atoms with Crippen LogP contribution < -0.4 is 5.32 Å². The second-order valence-corrected chi connectivity index (χ2v) is 6.28. The largest absolute Gasteiger partial charge is 0.338 e. The number of rotatable bonds is 4. The molecule has 1 heterocycles. The number of amides is 2. The molecular weight excluding hydrogens is 236 g/mol. The summed E-state index contributed by atoms with van der Waals surface area (Å²) in [4.78, 5) is 14.0. The van der Waals surface area contributed by atoms with Gasteiger partial charge in [0.2, 0.25) is 0 Å². The van der Waals surface area contributed by atoms with E-state index in [4.69, 9.17) is 0 Å². The Morgan fingerprint density at radius 2 is 1.58 bits per heavy atom. The third kappa shape index (κ3) is 5.42. The zero-order valence-electron chi connectivity index (χ0n) is 12.3. The van der Waals surface area contributed by atoms with Gasteiger partial charge in [0, 0.05) is 19.6 Å². The first kappa shape index (κ1) is 14.7. The molecule has 1 aliphatic carbocycles. The first-order valence-electron chi connectivity index (χ1n) is 8.39. The lowest BCUT2D eigenvalue weighted by Gasteiger charge is -2.23. The molecule has 1 saturated carbocycles. The van der Waals surface area contributed by atoms with Gasteiger partial charge in [-0.1, -0.05) is 44.9 Å². The highest BCUT2D eigenvalue weighted by Crippen LogP contribution is 2.26. The van der Waals surface area contributed by atoms with Gasteiger partial charge in [0.25, 0.3) is 0 Å². The minimum atomic E-state index is 0.172. The molecule has 3 heteroatoms. The summed E-state index contributed by atoms with van der Waals surface area (Å²) in [6.45, 7) is 2.77. The molecule has 2 amide bonds. The van der Waals surface area contributed by atoms with E-state index in [1.807, 2.05) is 4.90 Å². The summed E-state index contributed by atoms with van der Waals surface area (Å²) in [6.07, 6.45) is 14.5. The van der Waals surface area contributed by atoms with Crippen molar-refractivity contribution in [1.82, 2.24) is 10.2 Å². The van der Waals surface area contributed by atoms with Crippen molar-refractivity contribution in [3.05, 3.63) is 0 Å². The number of urea groups is 1. The summed E-state index contributed by atoms with van der Waals surface area (Å²) in [7, 11) is 0. The van der Waals surface area contributed by atoms with Crippen LogP contribution in [-0.2, 0) is 0 Å². The Bertz CT molecular complexity index is 253. The molecule has 0 radical (unpaired) electrons. The summed E-state index contributed by atoms with van der Waals surface area (Å²) in [5.41, 5.74) is 0. The Morgan fingerprint density at radius 3 is 2.26 bits per heavy atom. The predicted molar refractivity (Wildman–Crippen MR) is 79.2 cm³/mol. The van der Waals surface area contributed by atoms with Crippen LogP contribution in [0.1, 0.15) is 70.6 Å². The Labute approximate surface area is 118 Å². The first-order valence-corrected chi connectivity index (χ1v) is 8.39. The maximum atomic E-state index is 12.0. The van der Waals surface area contributed by atoms with Gasteiger partial charge in [0.1, 0.15) is 0 Å². The molecule has 0 aromatic rings. The van der Waals surface area contributed by atoms with Crippen LogP contribution in [0.3, 0.4) is 0 Å². The average Bonchev–Trinajstić information content (AvgIpc) is 2.73. The van der Waals surface area contributed by atoms with E-state index in [9.17, 15) is 4.79 Å². The quantitative estimate of drug-likeness (QED) is 0.768. The fourth-order valence-corrected chi connectivity index (χ4v) is 3.45. The molecule has 0 aromatic heterocycles. The number of nitrogens with zero attached hydrogens (tertiary/aromatic N) is 1. The molecule has 2 aliphatic rings. The van der Waals surface area contributed by atoms with Crippen LogP contribution in [-0.4, -0.2) is 30.6 Å². The van der Waals surface area contributed by atoms with Crippen molar-refractivity contribution in [2.24, 2.45) is 5.92 Å². The highest BCUT2D eigenvalue weighted by Gasteiger charge is 2.15. The lowest BCUT2D eigenvalue weighted by molar-refractivity contribution is 0.199. The Balaban J connectivity index is 1.55. The van der Waals surface area contributed by atoms with E-state index in [0.29, 0.717) is 0 Å². The van der Waals surface area contributed by atoms with E-state index in [1.165, 1.54) is 64.2 Å². The van der Waals surface area contributed by atoms with E-state index < -0.39 is 0 Å². The molecule has 2 fully saturated rings. The van der Waals surface area contributed by atoms with Crippen LogP contribution >= 0.6 is 0 Å². The third-order valence-electron chi connectivity index (χ3n) is 4.68. The monoisotopic (exact) mass is 266 g/mol. The van der Waals surface area contributed by atoms with Crippen LogP contribution in [0, 0.1) is 5.92 Å². The summed E-state index contributed by atoms with van der Waals surface area (Å²) in [5.74, 6) is 0.934. The van der Waals surface area contributed by atoms with E-state index in [-0.39, 0.29) is 6.03 Å². The molecule has 0 aromatic carbocycles. The number of hydrogen-bond acceptors (Lipinski definition) is 1. The molecule has 2 rings (SSSR count). The summed E-state index contributed by atoms with van der Waals surface area (Å²) >= 11 is 0. The predicted octanol–water partition coefficient (Wildman–Crippen LogP) is 3.93. The van der Waals surface area contributed by atoms with E-state index >= 15 is 0 Å². The minimum Gasteiger partial charge on any atom is -0.338 e. The topological polar surface area (TPSA) is 32.3 Å². The van der Waals surface area contributed by atoms with Crippen molar-refractivity contribution in [1.29, 1.82) is 0 Å². The third-order valence-corrected chi connectivity index (χ3v) is 4.68. The SMILES string of the molecule is O=C(NCCCC1CCCCC1)N1CCCCCC1. The van der Waals surface area contributed by atoms with Gasteiger partial charge in [-0.2, -0.15) is 0 Å². The van der Waals surface area contributed by atoms with Crippen molar-refractivity contribution in [3.63, 3.8) is 0 Å². The van der Waals surface area contributed by atoms with Crippen molar-refractivity contribution in [2.45, 2.75) is 70.6 Å². The second kappa shape index (κ2) is 8.44. The average molecular weight is 266 g/mol. The molecular formula is C16H30N2O. The molecule has 1 saturated heterocycles. The Hall–Kier alpha value is -0.730. The Morgan fingerprint density at radius 1 is 0.947 bits per heavy atom. The lowest BCUT2D eigenvalue weighted by atomic mass is 9.86. The van der Waals surface area contributed by atoms with Gasteiger partial charge >= 0.3 is 6.03 Å². The first-order chi connectivity index (χ1) is 9.36. The fraction of sp³-hybridized carbons (Fsp3) is 0.938. The number of likely N-dealkylation sites (tertiary alicyclic amines) is 1. The van der Waals surface area contributed by atoms with Gasteiger partial charge in [0.15, 0.2) is 0 Å². The normalized spacial score (nSPS) is 22.0. The van der Waals surface area contributed by atoms with Crippen LogP contribution in [0.25, 0.3) is 0 Å². The van der Waals surface area contributed by atoms with Gasteiger partial charge < -0.3 is 10.2 Å². The number of hydrogen-bond donors (Lipinski definition) is 1. The van der Waals surface area contributed by atoms with Gasteiger partial charge in [-0.15, -0.1) is 0 Å². The van der Waals surface area contributed by atoms with E-state index in [1.54, 1.807) is 0 Å². The summed E-state index contributed by atoms with van der Waals surface area (Å²) < 4.78 is 0. The molecule has 3 nitrogen and oxygen atoms in total.